The minimum absolute atomic E-state index is 0.0671. The maximum atomic E-state index is 12.9. The molecule has 0 aliphatic heterocycles. The second kappa shape index (κ2) is 7.85. The number of thiophene rings is 1. The quantitative estimate of drug-likeness (QED) is 0.647. The lowest BCUT2D eigenvalue weighted by molar-refractivity contribution is 0.0934. The van der Waals surface area contributed by atoms with Crippen LogP contribution in [-0.4, -0.2) is 21.7 Å². The number of nitrogens with zero attached hydrogens (tertiary/aromatic N) is 2. The molecule has 1 aliphatic rings. The first-order valence-corrected chi connectivity index (χ1v) is 10.8. The average molecular weight is 382 g/mol. The summed E-state index contributed by atoms with van der Waals surface area (Å²) in [5, 5.41) is 9.08. The number of aryl methyl sites for hydroxylation is 2. The Labute approximate surface area is 164 Å². The van der Waals surface area contributed by atoms with Crippen LogP contribution in [0.15, 0.2) is 30.3 Å². The summed E-state index contributed by atoms with van der Waals surface area (Å²) in [4.78, 5) is 14.7. The second-order valence-electron chi connectivity index (χ2n) is 7.63. The molecule has 0 radical (unpaired) electrons. The molecule has 1 aromatic carbocycles. The van der Waals surface area contributed by atoms with Crippen molar-refractivity contribution in [3.63, 3.8) is 0 Å². The summed E-state index contributed by atoms with van der Waals surface area (Å²) < 4.78 is 1.98. The van der Waals surface area contributed by atoms with Gasteiger partial charge in [0.25, 0.3) is 5.91 Å². The van der Waals surface area contributed by atoms with Crippen molar-refractivity contribution in [2.75, 3.05) is 0 Å². The molecular formula is C22H27N3OS. The van der Waals surface area contributed by atoms with E-state index >= 15 is 0 Å². The summed E-state index contributed by atoms with van der Waals surface area (Å²) in [6.07, 6.45) is 8.57. The Hall–Kier alpha value is -2.14. The highest BCUT2D eigenvalue weighted by atomic mass is 32.1. The smallest absolute Gasteiger partial charge is 0.261 e. The van der Waals surface area contributed by atoms with E-state index in [1.807, 2.05) is 29.8 Å². The molecule has 2 aromatic heterocycles. The molecular weight excluding hydrogens is 354 g/mol. The van der Waals surface area contributed by atoms with E-state index in [-0.39, 0.29) is 5.91 Å². The Balaban J connectivity index is 1.61. The zero-order chi connectivity index (χ0) is 18.8. The monoisotopic (exact) mass is 381 g/mol. The lowest BCUT2D eigenvalue weighted by Gasteiger charge is -2.20. The van der Waals surface area contributed by atoms with Crippen molar-refractivity contribution in [3.05, 3.63) is 46.5 Å². The third kappa shape index (κ3) is 3.79. The number of para-hydroxylation sites is 1. The normalized spacial score (nSPS) is 16.2. The van der Waals surface area contributed by atoms with Crippen LogP contribution in [-0.2, 0) is 0 Å². The molecule has 3 aromatic rings. The van der Waals surface area contributed by atoms with Gasteiger partial charge in [-0.05, 0) is 44.4 Å². The van der Waals surface area contributed by atoms with Gasteiger partial charge in [-0.2, -0.15) is 5.10 Å². The first-order valence-electron chi connectivity index (χ1n) is 9.99. The fourth-order valence-electron chi connectivity index (χ4n) is 3.98. The maximum absolute atomic E-state index is 12.9. The fourth-order valence-corrected chi connectivity index (χ4v) is 5.06. The van der Waals surface area contributed by atoms with E-state index in [0.717, 1.165) is 39.3 Å². The van der Waals surface area contributed by atoms with E-state index in [1.165, 1.54) is 37.7 Å². The number of hydrogen-bond acceptors (Lipinski definition) is 3. The molecule has 1 amide bonds. The molecule has 4 rings (SSSR count). The highest BCUT2D eigenvalue weighted by Gasteiger charge is 2.20. The lowest BCUT2D eigenvalue weighted by Crippen LogP contribution is -2.34. The molecule has 1 fully saturated rings. The summed E-state index contributed by atoms with van der Waals surface area (Å²) in [7, 11) is 0. The minimum atomic E-state index is 0.0671. The third-order valence-corrected chi connectivity index (χ3v) is 6.66. The van der Waals surface area contributed by atoms with E-state index < -0.39 is 0 Å². The van der Waals surface area contributed by atoms with Crippen molar-refractivity contribution >= 4 is 27.5 Å². The first-order chi connectivity index (χ1) is 13.1. The van der Waals surface area contributed by atoms with E-state index in [0.29, 0.717) is 6.04 Å². The van der Waals surface area contributed by atoms with Crippen molar-refractivity contribution in [2.45, 2.75) is 64.8 Å². The molecule has 142 valence electrons. The van der Waals surface area contributed by atoms with Crippen LogP contribution < -0.4 is 5.32 Å². The Morgan fingerprint density at radius 3 is 2.56 bits per heavy atom. The Kier molecular flexibility index (Phi) is 5.30. The predicted molar refractivity (Wildman–Crippen MR) is 112 cm³/mol. The van der Waals surface area contributed by atoms with Gasteiger partial charge >= 0.3 is 0 Å². The van der Waals surface area contributed by atoms with Crippen LogP contribution in [0.2, 0.25) is 0 Å². The van der Waals surface area contributed by atoms with Crippen molar-refractivity contribution in [2.24, 2.45) is 0 Å². The van der Waals surface area contributed by atoms with Crippen molar-refractivity contribution in [1.82, 2.24) is 15.1 Å². The van der Waals surface area contributed by atoms with Gasteiger partial charge in [-0.15, -0.1) is 11.3 Å². The summed E-state index contributed by atoms with van der Waals surface area (Å²) in [6.45, 7) is 4.11. The Morgan fingerprint density at radius 1 is 1.11 bits per heavy atom. The van der Waals surface area contributed by atoms with Crippen LogP contribution in [0.3, 0.4) is 0 Å². The zero-order valence-electron chi connectivity index (χ0n) is 16.1. The molecule has 1 N–H and O–H groups in total. The number of aromatic nitrogens is 2. The van der Waals surface area contributed by atoms with Gasteiger partial charge in [-0.3, -0.25) is 4.79 Å². The van der Waals surface area contributed by atoms with Gasteiger partial charge < -0.3 is 5.32 Å². The van der Waals surface area contributed by atoms with Crippen LogP contribution in [0.4, 0.5) is 0 Å². The molecule has 0 bridgehead atoms. The molecule has 0 unspecified atom stereocenters. The van der Waals surface area contributed by atoms with Gasteiger partial charge in [0.15, 0.2) is 0 Å². The standard InChI is InChI=1S/C22H27N3OS/c1-15-10-8-9-13-19(15)25-22-18(16(2)24-25)14-20(27-22)21(26)23-17-11-6-4-3-5-7-12-17/h8-10,13-14,17H,3-7,11-12H2,1-2H3,(H,23,26). The topological polar surface area (TPSA) is 46.9 Å². The average Bonchev–Trinajstić information content (AvgIpc) is 3.19. The first kappa shape index (κ1) is 18.2. The number of benzene rings is 1. The predicted octanol–water partition coefficient (Wildman–Crippen LogP) is 5.55. The van der Waals surface area contributed by atoms with Crippen LogP contribution in [0.1, 0.15) is 65.9 Å². The SMILES string of the molecule is Cc1ccccc1-n1nc(C)c2cc(C(=O)NC3CCCCCCC3)sc21. The molecule has 2 heterocycles. The van der Waals surface area contributed by atoms with Gasteiger partial charge in [-0.25, -0.2) is 4.68 Å². The van der Waals surface area contributed by atoms with Gasteiger partial charge in [-0.1, -0.05) is 50.3 Å². The molecule has 1 aliphatic carbocycles. The zero-order valence-corrected chi connectivity index (χ0v) is 16.9. The highest BCUT2D eigenvalue weighted by Crippen LogP contribution is 2.31. The largest absolute Gasteiger partial charge is 0.349 e. The van der Waals surface area contributed by atoms with Crippen LogP contribution >= 0.6 is 11.3 Å². The van der Waals surface area contributed by atoms with Crippen molar-refractivity contribution < 1.29 is 4.79 Å². The van der Waals surface area contributed by atoms with Crippen molar-refractivity contribution in [1.29, 1.82) is 0 Å². The number of nitrogens with one attached hydrogen (secondary N) is 1. The van der Waals surface area contributed by atoms with Crippen LogP contribution in [0, 0.1) is 13.8 Å². The number of fused-ring (bicyclic) bond motifs is 1. The Morgan fingerprint density at radius 2 is 1.81 bits per heavy atom. The molecule has 0 spiro atoms. The number of amides is 1. The highest BCUT2D eigenvalue weighted by molar-refractivity contribution is 7.20. The van der Waals surface area contributed by atoms with Crippen LogP contribution in [0.25, 0.3) is 15.9 Å². The number of hydrogen-bond donors (Lipinski definition) is 1. The number of carbonyl (C=O) groups excluding carboxylic acids is 1. The van der Waals surface area contributed by atoms with E-state index in [1.54, 1.807) is 11.3 Å². The molecule has 5 heteroatoms. The van der Waals surface area contributed by atoms with Crippen molar-refractivity contribution in [3.8, 4) is 5.69 Å². The van der Waals surface area contributed by atoms with Gasteiger partial charge in [0.1, 0.15) is 4.83 Å². The summed E-state index contributed by atoms with van der Waals surface area (Å²) in [5.41, 5.74) is 3.22. The maximum Gasteiger partial charge on any atom is 0.261 e. The molecule has 27 heavy (non-hydrogen) atoms. The van der Waals surface area contributed by atoms with Gasteiger partial charge in [0.05, 0.1) is 16.3 Å². The minimum Gasteiger partial charge on any atom is -0.349 e. The second-order valence-corrected chi connectivity index (χ2v) is 8.66. The summed E-state index contributed by atoms with van der Waals surface area (Å²) in [6, 6.07) is 10.6. The fraction of sp³-hybridized carbons (Fsp3) is 0.455. The number of rotatable bonds is 3. The van der Waals surface area contributed by atoms with Gasteiger partial charge in [0, 0.05) is 11.4 Å². The molecule has 0 atom stereocenters. The number of carbonyl (C=O) groups is 1. The lowest BCUT2D eigenvalue weighted by atomic mass is 9.97. The van der Waals surface area contributed by atoms with Gasteiger partial charge in [0.2, 0.25) is 0 Å². The molecule has 4 nitrogen and oxygen atoms in total. The third-order valence-electron chi connectivity index (χ3n) is 5.55. The van der Waals surface area contributed by atoms with Crippen LogP contribution in [0.5, 0.6) is 0 Å². The summed E-state index contributed by atoms with van der Waals surface area (Å²) in [5.74, 6) is 0.0671. The molecule has 1 saturated carbocycles. The Bertz CT molecular complexity index is 948. The van der Waals surface area contributed by atoms with E-state index in [2.05, 4.69) is 24.4 Å². The molecule has 0 saturated heterocycles. The van der Waals surface area contributed by atoms with E-state index in [9.17, 15) is 4.79 Å². The summed E-state index contributed by atoms with van der Waals surface area (Å²) >= 11 is 1.54. The van der Waals surface area contributed by atoms with E-state index in [4.69, 9.17) is 5.10 Å².